The first-order chi connectivity index (χ1) is 6.56. The Morgan fingerprint density at radius 2 is 2.14 bits per heavy atom. The van der Waals surface area contributed by atoms with Crippen molar-refractivity contribution in [1.29, 1.82) is 0 Å². The number of nitrogens with two attached hydrogens (primary N) is 2. The molecule has 0 heterocycles. The van der Waals surface area contributed by atoms with E-state index in [1.54, 1.807) is 19.1 Å². The summed E-state index contributed by atoms with van der Waals surface area (Å²) in [4.78, 5) is 0. The second kappa shape index (κ2) is 4.50. The zero-order valence-corrected chi connectivity index (χ0v) is 8.07. The van der Waals surface area contributed by atoms with Crippen LogP contribution in [-0.2, 0) is 6.54 Å². The highest BCUT2D eigenvalue weighted by Crippen LogP contribution is 2.17. The standard InChI is InChI=1S/C10H15FN2O/c1-6(14)10(13)7-2-3-8(5-12)9(11)4-7/h2-4,6,10,14H,5,12-13H2,1H3/t6-,10-/m1/s1. The van der Waals surface area contributed by atoms with Crippen LogP contribution in [-0.4, -0.2) is 11.2 Å². The fourth-order valence-corrected chi connectivity index (χ4v) is 1.21. The zero-order chi connectivity index (χ0) is 10.7. The van der Waals surface area contributed by atoms with Crippen LogP contribution in [0.3, 0.4) is 0 Å². The summed E-state index contributed by atoms with van der Waals surface area (Å²) in [5.41, 5.74) is 12.0. The van der Waals surface area contributed by atoms with E-state index in [9.17, 15) is 9.50 Å². The molecule has 0 saturated heterocycles. The van der Waals surface area contributed by atoms with Gasteiger partial charge < -0.3 is 16.6 Å². The van der Waals surface area contributed by atoms with Gasteiger partial charge in [-0.2, -0.15) is 0 Å². The molecule has 0 aliphatic rings. The maximum absolute atomic E-state index is 13.3. The van der Waals surface area contributed by atoms with Crippen molar-refractivity contribution in [2.24, 2.45) is 11.5 Å². The molecule has 14 heavy (non-hydrogen) atoms. The van der Waals surface area contributed by atoms with E-state index in [2.05, 4.69) is 0 Å². The predicted molar refractivity (Wildman–Crippen MR) is 52.9 cm³/mol. The summed E-state index contributed by atoms with van der Waals surface area (Å²) in [5.74, 6) is -0.374. The Morgan fingerprint density at radius 1 is 1.50 bits per heavy atom. The second-order valence-corrected chi connectivity index (χ2v) is 3.32. The van der Waals surface area contributed by atoms with E-state index in [1.165, 1.54) is 6.07 Å². The minimum Gasteiger partial charge on any atom is -0.391 e. The molecule has 1 aromatic rings. The van der Waals surface area contributed by atoms with Crippen molar-refractivity contribution < 1.29 is 9.50 Å². The van der Waals surface area contributed by atoms with Crippen molar-refractivity contribution >= 4 is 0 Å². The third kappa shape index (κ3) is 2.29. The Labute approximate surface area is 82.5 Å². The third-order valence-electron chi connectivity index (χ3n) is 2.20. The molecule has 0 aromatic heterocycles. The highest BCUT2D eigenvalue weighted by Gasteiger charge is 2.13. The lowest BCUT2D eigenvalue weighted by molar-refractivity contribution is 0.164. The maximum atomic E-state index is 13.3. The molecule has 4 heteroatoms. The Morgan fingerprint density at radius 3 is 2.57 bits per heavy atom. The monoisotopic (exact) mass is 198 g/mol. The molecule has 1 aromatic carbocycles. The van der Waals surface area contributed by atoms with Gasteiger partial charge in [0.25, 0.3) is 0 Å². The Bertz CT molecular complexity index is 315. The summed E-state index contributed by atoms with van der Waals surface area (Å²) in [5, 5.41) is 9.22. The summed E-state index contributed by atoms with van der Waals surface area (Å²) in [6, 6.07) is 4.03. The van der Waals surface area contributed by atoms with Crippen LogP contribution in [0.15, 0.2) is 18.2 Å². The molecule has 5 N–H and O–H groups in total. The van der Waals surface area contributed by atoms with E-state index in [-0.39, 0.29) is 12.4 Å². The van der Waals surface area contributed by atoms with Gasteiger partial charge in [-0.15, -0.1) is 0 Å². The second-order valence-electron chi connectivity index (χ2n) is 3.32. The van der Waals surface area contributed by atoms with Gasteiger partial charge in [0.1, 0.15) is 5.82 Å². The minimum atomic E-state index is -0.696. The predicted octanol–water partition coefficient (Wildman–Crippen LogP) is 0.665. The van der Waals surface area contributed by atoms with Gasteiger partial charge in [0.2, 0.25) is 0 Å². The van der Waals surface area contributed by atoms with E-state index < -0.39 is 12.1 Å². The normalized spacial score (nSPS) is 15.2. The van der Waals surface area contributed by atoms with Crippen LogP contribution in [0.2, 0.25) is 0 Å². The molecular weight excluding hydrogens is 183 g/mol. The zero-order valence-electron chi connectivity index (χ0n) is 8.07. The smallest absolute Gasteiger partial charge is 0.128 e. The summed E-state index contributed by atoms with van der Waals surface area (Å²) < 4.78 is 13.3. The summed E-state index contributed by atoms with van der Waals surface area (Å²) in [6.07, 6.45) is -0.696. The molecule has 0 unspecified atom stereocenters. The van der Waals surface area contributed by atoms with Crippen molar-refractivity contribution in [2.75, 3.05) is 0 Å². The van der Waals surface area contributed by atoms with Crippen LogP contribution in [0.4, 0.5) is 4.39 Å². The number of hydrogen-bond acceptors (Lipinski definition) is 3. The van der Waals surface area contributed by atoms with E-state index in [0.717, 1.165) is 0 Å². The highest BCUT2D eigenvalue weighted by molar-refractivity contribution is 5.26. The fourth-order valence-electron chi connectivity index (χ4n) is 1.21. The van der Waals surface area contributed by atoms with E-state index in [4.69, 9.17) is 11.5 Å². The van der Waals surface area contributed by atoms with Gasteiger partial charge in [-0.05, 0) is 18.6 Å². The largest absolute Gasteiger partial charge is 0.391 e. The molecule has 0 spiro atoms. The average molecular weight is 198 g/mol. The molecule has 0 bridgehead atoms. The summed E-state index contributed by atoms with van der Waals surface area (Å²) >= 11 is 0. The molecule has 0 radical (unpaired) electrons. The van der Waals surface area contributed by atoms with Crippen molar-refractivity contribution in [3.8, 4) is 0 Å². The quantitative estimate of drug-likeness (QED) is 0.668. The molecule has 78 valence electrons. The highest BCUT2D eigenvalue weighted by atomic mass is 19.1. The van der Waals surface area contributed by atoms with Crippen molar-refractivity contribution in [2.45, 2.75) is 25.6 Å². The molecule has 0 amide bonds. The van der Waals surface area contributed by atoms with Crippen LogP contribution in [0.1, 0.15) is 24.1 Å². The SMILES string of the molecule is C[C@@H](O)[C@@H](N)c1ccc(CN)c(F)c1. The number of rotatable bonds is 3. The average Bonchev–Trinajstić information content (AvgIpc) is 2.16. The summed E-state index contributed by atoms with van der Waals surface area (Å²) in [6.45, 7) is 1.73. The van der Waals surface area contributed by atoms with Crippen LogP contribution >= 0.6 is 0 Å². The van der Waals surface area contributed by atoms with Crippen LogP contribution in [0, 0.1) is 5.82 Å². The number of aliphatic hydroxyl groups is 1. The van der Waals surface area contributed by atoms with Gasteiger partial charge >= 0.3 is 0 Å². The molecular formula is C10H15FN2O. The van der Waals surface area contributed by atoms with Gasteiger partial charge in [0, 0.05) is 12.1 Å². The summed E-state index contributed by atoms with van der Waals surface area (Å²) in [7, 11) is 0. The molecule has 1 rings (SSSR count). The minimum absolute atomic E-state index is 0.163. The fraction of sp³-hybridized carbons (Fsp3) is 0.400. The van der Waals surface area contributed by atoms with Crippen molar-refractivity contribution in [3.05, 3.63) is 35.1 Å². The Kier molecular flexibility index (Phi) is 3.57. The van der Waals surface area contributed by atoms with E-state index >= 15 is 0 Å². The van der Waals surface area contributed by atoms with Gasteiger partial charge in [0.05, 0.1) is 12.1 Å². The Balaban J connectivity index is 2.96. The van der Waals surface area contributed by atoms with E-state index in [1.807, 2.05) is 0 Å². The number of halogens is 1. The molecule has 0 fully saturated rings. The number of hydrogen-bond donors (Lipinski definition) is 3. The lowest BCUT2D eigenvalue weighted by Crippen LogP contribution is -2.23. The lowest BCUT2D eigenvalue weighted by Gasteiger charge is -2.15. The van der Waals surface area contributed by atoms with Crippen molar-refractivity contribution in [3.63, 3.8) is 0 Å². The van der Waals surface area contributed by atoms with Gasteiger partial charge in [-0.1, -0.05) is 12.1 Å². The molecule has 0 saturated carbocycles. The molecule has 0 aliphatic heterocycles. The van der Waals surface area contributed by atoms with Crippen LogP contribution in [0.5, 0.6) is 0 Å². The molecule has 2 atom stereocenters. The number of aliphatic hydroxyl groups excluding tert-OH is 1. The van der Waals surface area contributed by atoms with Gasteiger partial charge in [-0.25, -0.2) is 4.39 Å². The van der Waals surface area contributed by atoms with Crippen molar-refractivity contribution in [1.82, 2.24) is 0 Å². The van der Waals surface area contributed by atoms with Gasteiger partial charge in [0.15, 0.2) is 0 Å². The first-order valence-electron chi connectivity index (χ1n) is 4.48. The third-order valence-corrected chi connectivity index (χ3v) is 2.20. The van der Waals surface area contributed by atoms with E-state index in [0.29, 0.717) is 11.1 Å². The lowest BCUT2D eigenvalue weighted by atomic mass is 10.0. The molecule has 3 nitrogen and oxygen atoms in total. The first kappa shape index (κ1) is 11.1. The van der Waals surface area contributed by atoms with Gasteiger partial charge in [-0.3, -0.25) is 0 Å². The van der Waals surface area contributed by atoms with Crippen LogP contribution in [0.25, 0.3) is 0 Å². The topological polar surface area (TPSA) is 72.3 Å². The van der Waals surface area contributed by atoms with Crippen LogP contribution < -0.4 is 11.5 Å². The maximum Gasteiger partial charge on any atom is 0.128 e. The Hall–Kier alpha value is -0.970. The molecule has 0 aliphatic carbocycles. The number of benzene rings is 1. The first-order valence-corrected chi connectivity index (χ1v) is 4.48.